The highest BCUT2D eigenvalue weighted by Gasteiger charge is 2.62. The maximum absolute atomic E-state index is 12.5. The predicted octanol–water partition coefficient (Wildman–Crippen LogP) is 22.7. The van der Waals surface area contributed by atoms with Gasteiger partial charge in [-0.1, -0.05) is 52.3 Å². The summed E-state index contributed by atoms with van der Waals surface area (Å²) in [7, 11) is -58.0. The van der Waals surface area contributed by atoms with E-state index in [0.29, 0.717) is 60.2 Å². The van der Waals surface area contributed by atoms with Gasteiger partial charge in [0.15, 0.2) is 83.9 Å². The smallest absolute Gasteiger partial charge is 0.462 e. The van der Waals surface area contributed by atoms with E-state index in [9.17, 15) is 14.4 Å². The SMILES string of the molecule is C=C(C)C(=O)OCCC[Si]1(C)O[Si](C)(C)O[Si](C)(CC[Si](C)(C)O[Si](C)(C)O[Si](C)(C)CC[Si](C)(C)O[Si](O[Si](C)(C)CC[Si](C)(C)C)(O[Si](C)(C)CC[Si](C)(C)O[SiH](C)C)O[Si](C)(C)CC[Si](C)(C)O[Si](C)(C)O[Si](C)(C)CC[Si]2(C)O[Si](C)(C)O[Si](C)(CCCOC(=O)C(=C)C)O[Si](C)(CCCOC(=O)C(=C)C)O2)O[Si](C)(CC)O1. The third-order valence-electron chi connectivity index (χ3n) is 20.4. The first kappa shape index (κ1) is 115. The largest absolute Gasteiger partial charge is 0.636 e. The van der Waals surface area contributed by atoms with Crippen LogP contribution in [0.4, 0.5) is 0 Å². The fraction of sp³-hybridized carbons (Fsp3) is 0.875. The van der Waals surface area contributed by atoms with Gasteiger partial charge in [-0.3, -0.25) is 0 Å². The lowest BCUT2D eigenvalue weighted by Gasteiger charge is -2.50. The molecule has 0 N–H and O–H groups in total. The van der Waals surface area contributed by atoms with E-state index in [1.54, 1.807) is 20.8 Å². The first-order valence-electron chi connectivity index (χ1n) is 43.4. The normalized spacial score (nSPS) is 24.6. The van der Waals surface area contributed by atoms with Crippen LogP contribution >= 0.6 is 0 Å². The highest BCUT2D eigenvalue weighted by atomic mass is 28.6. The standard InChI is InChI=1S/C72H174O23Si22/c1-45-111(39)92-112(40,52-46-49-76-70(73)67(2)3)88-109(35,36)90-115(43,93-111)65-63-101(19,20)82-107(31,32)80-99(15,16)59-61-105(27,28)86-117(84-103(23,24)56-55-97(10,11)12,85-104(25,26)58-57-98(13,14)79-96(8)9)87-106(29,30)62-60-100(17,18)81-108(33,34)83-102(21,22)64-66-116(44)91-110(37,38)89-113(41,53-47-50-77-71(74)68(4)5)94-114(42,95-116)54-48-51-78-72(75)69(6)7/h96H,2,4,6,45-66H2,1,3,5,7-44H3. The van der Waals surface area contributed by atoms with Crippen LogP contribution in [-0.2, 0) is 98.6 Å². The van der Waals surface area contributed by atoms with Gasteiger partial charge in [0, 0.05) is 24.8 Å². The van der Waals surface area contributed by atoms with Crippen molar-refractivity contribution in [1.82, 2.24) is 0 Å². The molecule has 0 amide bonds. The third kappa shape index (κ3) is 46.7. The molecule has 0 spiro atoms. The van der Waals surface area contributed by atoms with Gasteiger partial charge in [-0.05, 0) is 353 Å². The number of carbonyl (C=O) groups is 3. The number of hydrogen-bond donors (Lipinski definition) is 0. The van der Waals surface area contributed by atoms with Crippen molar-refractivity contribution in [3.8, 4) is 0 Å². The molecule has 688 valence electrons. The minimum Gasteiger partial charge on any atom is -0.462 e. The molecule has 2 aliphatic heterocycles. The molecule has 23 nitrogen and oxygen atoms in total. The Hall–Kier alpha value is 1.72. The monoisotopic (exact) mass is 2020 g/mol. The Morgan fingerprint density at radius 1 is 0.299 bits per heavy atom. The van der Waals surface area contributed by atoms with Gasteiger partial charge in [0.05, 0.1) is 19.8 Å². The van der Waals surface area contributed by atoms with Crippen LogP contribution in [0.3, 0.4) is 0 Å². The summed E-state index contributed by atoms with van der Waals surface area (Å²) in [4.78, 5) is 37.0. The summed E-state index contributed by atoms with van der Waals surface area (Å²) in [6, 6.07) is 13.1. The van der Waals surface area contributed by atoms with Crippen molar-refractivity contribution in [2.24, 2.45) is 0 Å². The summed E-state index contributed by atoms with van der Waals surface area (Å²) < 4.78 is 143. The van der Waals surface area contributed by atoms with Gasteiger partial charge in [-0.15, -0.1) is 0 Å². The van der Waals surface area contributed by atoms with Crippen molar-refractivity contribution in [3.63, 3.8) is 0 Å². The summed E-state index contributed by atoms with van der Waals surface area (Å²) in [5.74, 6) is -1.23. The van der Waals surface area contributed by atoms with Crippen molar-refractivity contribution in [3.05, 3.63) is 36.5 Å². The zero-order valence-corrected chi connectivity index (χ0v) is 104. The van der Waals surface area contributed by atoms with Crippen molar-refractivity contribution < 1.29 is 98.6 Å². The van der Waals surface area contributed by atoms with Crippen LogP contribution in [0.5, 0.6) is 0 Å². The van der Waals surface area contributed by atoms with Crippen LogP contribution in [0.15, 0.2) is 36.5 Å². The molecular formula is C72H174O23Si22. The van der Waals surface area contributed by atoms with E-state index in [-0.39, 0.29) is 25.8 Å². The summed E-state index contributed by atoms with van der Waals surface area (Å²) in [5, 5.41) is 0. The molecule has 7 atom stereocenters. The number of esters is 3. The van der Waals surface area contributed by atoms with Gasteiger partial charge >= 0.3 is 113 Å². The Morgan fingerprint density at radius 2 is 0.513 bits per heavy atom. The summed E-state index contributed by atoms with van der Waals surface area (Å²) in [6.45, 7) is 103. The lowest BCUT2D eigenvalue weighted by atomic mass is 10.4. The maximum atomic E-state index is 12.5. The van der Waals surface area contributed by atoms with Gasteiger partial charge in [-0.25, -0.2) is 14.4 Å². The van der Waals surface area contributed by atoms with Gasteiger partial charge in [0.25, 0.3) is 0 Å². The molecule has 2 rings (SSSR count). The molecule has 0 bridgehead atoms. The topological polar surface area (TPSA) is 236 Å². The van der Waals surface area contributed by atoms with Crippen LogP contribution in [0.1, 0.15) is 47.0 Å². The van der Waals surface area contributed by atoms with Crippen LogP contribution in [0, 0.1) is 0 Å². The lowest BCUT2D eigenvalue weighted by Crippen LogP contribution is -2.67. The zero-order chi connectivity index (χ0) is 91.2. The second kappa shape index (κ2) is 44.1. The van der Waals surface area contributed by atoms with E-state index in [4.69, 9.17) is 84.2 Å². The lowest BCUT2D eigenvalue weighted by molar-refractivity contribution is -0.139. The van der Waals surface area contributed by atoms with E-state index in [0.717, 1.165) is 72.5 Å². The Labute approximate surface area is 738 Å². The highest BCUT2D eigenvalue weighted by Crippen LogP contribution is 2.44. The molecule has 7 unspecified atom stereocenters. The second-order valence-electron chi connectivity index (χ2n) is 43.5. The van der Waals surface area contributed by atoms with Crippen molar-refractivity contribution >= 4 is 205 Å². The molecule has 0 saturated carbocycles. The van der Waals surface area contributed by atoms with E-state index in [1.165, 1.54) is 0 Å². The van der Waals surface area contributed by atoms with Crippen molar-refractivity contribution in [2.45, 2.75) is 386 Å². The zero-order valence-electron chi connectivity index (χ0n) is 82.1. The molecule has 0 radical (unpaired) electrons. The van der Waals surface area contributed by atoms with Gasteiger partial charge in [0.1, 0.15) is 0 Å². The molecule has 45 heteroatoms. The third-order valence-corrected chi connectivity index (χ3v) is 108. The van der Waals surface area contributed by atoms with Gasteiger partial charge < -0.3 is 84.2 Å². The minimum absolute atomic E-state index is 0.206. The van der Waals surface area contributed by atoms with Crippen LogP contribution in [-0.4, -0.2) is 224 Å². The number of ether oxygens (including phenoxy) is 3. The molecule has 2 aliphatic rings. The molecule has 2 saturated heterocycles. The maximum Gasteiger partial charge on any atom is 0.636 e. The first-order chi connectivity index (χ1) is 52.0. The molecule has 2 heterocycles. The fourth-order valence-corrected chi connectivity index (χ4v) is 132. The number of rotatable bonds is 52. The quantitative estimate of drug-likeness (QED) is 0.0181. The van der Waals surface area contributed by atoms with Crippen LogP contribution in [0.25, 0.3) is 0 Å². The first-order valence-corrected chi connectivity index (χ1v) is 106. The van der Waals surface area contributed by atoms with E-state index < -0.39 is 199 Å². The Morgan fingerprint density at radius 3 is 0.752 bits per heavy atom. The van der Waals surface area contributed by atoms with E-state index in [2.05, 4.69) is 269 Å². The van der Waals surface area contributed by atoms with Crippen molar-refractivity contribution in [1.29, 1.82) is 0 Å². The average molecular weight is 2030 g/mol. The second-order valence-corrected chi connectivity index (χ2v) is 130. The summed E-state index contributed by atoms with van der Waals surface area (Å²) >= 11 is 0. The molecule has 2 fully saturated rings. The Bertz CT molecular complexity index is 3260. The molecular weight excluding hydrogens is 1850 g/mol. The Balaban J connectivity index is 2.60. The van der Waals surface area contributed by atoms with Crippen LogP contribution in [0.2, 0.25) is 339 Å². The summed E-state index contributed by atoms with van der Waals surface area (Å²) in [6.07, 6.45) is 1.72. The molecule has 0 aromatic carbocycles. The number of hydrogen-bond acceptors (Lipinski definition) is 23. The predicted molar refractivity (Wildman–Crippen MR) is 537 cm³/mol. The van der Waals surface area contributed by atoms with Crippen LogP contribution < -0.4 is 0 Å². The fourth-order valence-electron chi connectivity index (χ4n) is 15.6. The van der Waals surface area contributed by atoms with Crippen molar-refractivity contribution in [2.75, 3.05) is 19.8 Å². The molecule has 0 aliphatic carbocycles. The Kier molecular flexibility index (Phi) is 43.3. The average Bonchev–Trinajstić information content (AvgIpc) is 0.780. The minimum atomic E-state index is -4.01. The molecule has 117 heavy (non-hydrogen) atoms. The molecule has 0 aromatic rings. The van der Waals surface area contributed by atoms with Gasteiger partial charge in [-0.2, -0.15) is 0 Å². The van der Waals surface area contributed by atoms with Gasteiger partial charge in [0.2, 0.25) is 0 Å². The van der Waals surface area contributed by atoms with E-state index in [1.807, 2.05) is 0 Å². The van der Waals surface area contributed by atoms with E-state index >= 15 is 0 Å². The molecule has 0 aromatic heterocycles. The summed E-state index contributed by atoms with van der Waals surface area (Å²) in [5.41, 5.74) is 1.09. The highest BCUT2D eigenvalue weighted by molar-refractivity contribution is 6.98. The number of carbonyl (C=O) groups excluding carboxylic acids is 3.